The summed E-state index contributed by atoms with van der Waals surface area (Å²) in [7, 11) is 0. The van der Waals surface area contributed by atoms with E-state index in [-0.39, 0.29) is 6.54 Å². The van der Waals surface area contributed by atoms with Gasteiger partial charge in [0.15, 0.2) is 5.69 Å². The van der Waals surface area contributed by atoms with Gasteiger partial charge in [0, 0.05) is 6.20 Å². The summed E-state index contributed by atoms with van der Waals surface area (Å²) in [6.45, 7) is 1.97. The molecule has 2 aromatic heterocycles. The zero-order valence-corrected chi connectivity index (χ0v) is 8.45. The van der Waals surface area contributed by atoms with Crippen LogP contribution >= 0.6 is 0 Å². The Hall–Kier alpha value is -1.72. The van der Waals surface area contributed by atoms with E-state index >= 15 is 0 Å². The molecule has 2 rings (SSSR count). The molecule has 2 aromatic rings. The molecule has 6 heteroatoms. The van der Waals surface area contributed by atoms with E-state index in [1.807, 2.05) is 0 Å². The van der Waals surface area contributed by atoms with Crippen LogP contribution in [0.5, 0.6) is 0 Å². The summed E-state index contributed by atoms with van der Waals surface area (Å²) in [5.74, 6) is 1.30. The van der Waals surface area contributed by atoms with E-state index < -0.39 is 11.9 Å². The standard InChI is InChI=1S/C10H9F3N2O/c1-7-2-3-8(16-7)6-15-5-4-9(14-15)10(11,12)13/h2-5H,6H2,1H3. The normalized spacial score (nSPS) is 12.0. The molecule has 86 valence electrons. The number of halogens is 3. The van der Waals surface area contributed by atoms with Crippen LogP contribution in [0.1, 0.15) is 17.2 Å². The second kappa shape index (κ2) is 3.70. The molecule has 3 nitrogen and oxygen atoms in total. The first-order valence-electron chi connectivity index (χ1n) is 4.61. The number of nitrogens with zero attached hydrogens (tertiary/aromatic N) is 2. The fourth-order valence-corrected chi connectivity index (χ4v) is 1.33. The highest BCUT2D eigenvalue weighted by atomic mass is 19.4. The van der Waals surface area contributed by atoms with Crippen molar-refractivity contribution in [3.63, 3.8) is 0 Å². The van der Waals surface area contributed by atoms with Gasteiger partial charge in [-0.25, -0.2) is 0 Å². The van der Waals surface area contributed by atoms with Gasteiger partial charge < -0.3 is 4.42 Å². The molecule has 0 amide bonds. The average Bonchev–Trinajstić information content (AvgIpc) is 2.74. The van der Waals surface area contributed by atoms with Gasteiger partial charge in [0.1, 0.15) is 11.5 Å². The minimum atomic E-state index is -4.40. The van der Waals surface area contributed by atoms with Crippen molar-refractivity contribution in [2.45, 2.75) is 19.6 Å². The zero-order chi connectivity index (χ0) is 11.8. The lowest BCUT2D eigenvalue weighted by Crippen LogP contribution is -2.08. The molecule has 0 aliphatic heterocycles. The highest BCUT2D eigenvalue weighted by Gasteiger charge is 2.33. The predicted octanol–water partition coefficient (Wildman–Crippen LogP) is 2.85. The maximum absolute atomic E-state index is 12.2. The second-order valence-corrected chi connectivity index (χ2v) is 3.41. The molecule has 0 N–H and O–H groups in total. The molecular formula is C10H9F3N2O. The number of rotatable bonds is 2. The second-order valence-electron chi connectivity index (χ2n) is 3.41. The van der Waals surface area contributed by atoms with Crippen LogP contribution in [0.25, 0.3) is 0 Å². The molecule has 0 fully saturated rings. The molecule has 0 saturated carbocycles. The first kappa shape index (κ1) is 10.8. The molecule has 0 saturated heterocycles. The van der Waals surface area contributed by atoms with Gasteiger partial charge in [0.25, 0.3) is 0 Å². The van der Waals surface area contributed by atoms with Gasteiger partial charge in [0.2, 0.25) is 0 Å². The number of alkyl halides is 3. The summed E-state index contributed by atoms with van der Waals surface area (Å²) in [4.78, 5) is 0. The van der Waals surface area contributed by atoms with Crippen molar-refractivity contribution in [3.8, 4) is 0 Å². The number of aryl methyl sites for hydroxylation is 1. The fourth-order valence-electron chi connectivity index (χ4n) is 1.33. The minimum absolute atomic E-state index is 0.198. The van der Waals surface area contributed by atoms with Crippen molar-refractivity contribution in [2.75, 3.05) is 0 Å². The topological polar surface area (TPSA) is 31.0 Å². The third-order valence-corrected chi connectivity index (χ3v) is 2.04. The molecular weight excluding hydrogens is 221 g/mol. The van der Waals surface area contributed by atoms with Crippen LogP contribution < -0.4 is 0 Å². The first-order valence-corrected chi connectivity index (χ1v) is 4.61. The van der Waals surface area contributed by atoms with Crippen molar-refractivity contribution >= 4 is 0 Å². The molecule has 0 aromatic carbocycles. The lowest BCUT2D eigenvalue weighted by atomic mass is 10.4. The van der Waals surface area contributed by atoms with E-state index in [4.69, 9.17) is 4.42 Å². The third kappa shape index (κ3) is 2.26. The fraction of sp³-hybridized carbons (Fsp3) is 0.300. The summed E-state index contributed by atoms with van der Waals surface area (Å²) in [6, 6.07) is 4.41. The Morgan fingerprint density at radius 1 is 1.31 bits per heavy atom. The minimum Gasteiger partial charge on any atom is -0.464 e. The van der Waals surface area contributed by atoms with E-state index in [1.54, 1.807) is 19.1 Å². The lowest BCUT2D eigenvalue weighted by Gasteiger charge is -2.01. The van der Waals surface area contributed by atoms with Crippen LogP contribution in [0.2, 0.25) is 0 Å². The maximum Gasteiger partial charge on any atom is 0.435 e. The number of furan rings is 1. The molecule has 16 heavy (non-hydrogen) atoms. The van der Waals surface area contributed by atoms with Crippen LogP contribution in [0.3, 0.4) is 0 Å². The van der Waals surface area contributed by atoms with Crippen LogP contribution in [0, 0.1) is 6.92 Å². The molecule has 0 spiro atoms. The van der Waals surface area contributed by atoms with Crippen molar-refractivity contribution in [2.24, 2.45) is 0 Å². The smallest absolute Gasteiger partial charge is 0.435 e. The Morgan fingerprint density at radius 3 is 2.56 bits per heavy atom. The molecule has 0 atom stereocenters. The van der Waals surface area contributed by atoms with Crippen molar-refractivity contribution in [3.05, 3.63) is 41.6 Å². The predicted molar refractivity (Wildman–Crippen MR) is 49.8 cm³/mol. The molecule has 0 bridgehead atoms. The SMILES string of the molecule is Cc1ccc(Cn2ccc(C(F)(F)F)n2)o1. The van der Waals surface area contributed by atoms with Gasteiger partial charge in [0.05, 0.1) is 6.54 Å². The summed E-state index contributed by atoms with van der Waals surface area (Å²) in [6.07, 6.45) is -3.12. The van der Waals surface area contributed by atoms with Crippen LogP contribution in [-0.4, -0.2) is 9.78 Å². The number of aromatic nitrogens is 2. The molecule has 0 aliphatic rings. The zero-order valence-electron chi connectivity index (χ0n) is 8.45. The van der Waals surface area contributed by atoms with E-state index in [0.29, 0.717) is 5.76 Å². The Balaban J connectivity index is 2.14. The van der Waals surface area contributed by atoms with Gasteiger partial charge >= 0.3 is 6.18 Å². The molecule has 0 radical (unpaired) electrons. The first-order chi connectivity index (χ1) is 7.45. The van der Waals surface area contributed by atoms with E-state index in [0.717, 1.165) is 11.8 Å². The third-order valence-electron chi connectivity index (χ3n) is 2.04. The highest BCUT2D eigenvalue weighted by molar-refractivity contribution is 5.08. The average molecular weight is 230 g/mol. The van der Waals surface area contributed by atoms with Crippen LogP contribution in [0.15, 0.2) is 28.8 Å². The van der Waals surface area contributed by atoms with Crippen molar-refractivity contribution in [1.29, 1.82) is 0 Å². The van der Waals surface area contributed by atoms with Gasteiger partial charge in [-0.15, -0.1) is 0 Å². The van der Waals surface area contributed by atoms with Crippen LogP contribution in [0.4, 0.5) is 13.2 Å². The molecule has 0 unspecified atom stereocenters. The van der Waals surface area contributed by atoms with E-state index in [1.165, 1.54) is 10.9 Å². The molecule has 2 heterocycles. The van der Waals surface area contributed by atoms with E-state index in [2.05, 4.69) is 5.10 Å². The Bertz CT molecular complexity index is 484. The van der Waals surface area contributed by atoms with Gasteiger partial charge in [-0.05, 0) is 25.1 Å². The van der Waals surface area contributed by atoms with Gasteiger partial charge in [-0.3, -0.25) is 4.68 Å². The Labute approximate surface area is 89.5 Å². The highest BCUT2D eigenvalue weighted by Crippen LogP contribution is 2.27. The lowest BCUT2D eigenvalue weighted by molar-refractivity contribution is -0.141. The number of hydrogen-bond acceptors (Lipinski definition) is 2. The van der Waals surface area contributed by atoms with E-state index in [9.17, 15) is 13.2 Å². The number of hydrogen-bond donors (Lipinski definition) is 0. The van der Waals surface area contributed by atoms with Crippen LogP contribution in [-0.2, 0) is 12.7 Å². The van der Waals surface area contributed by atoms with Gasteiger partial charge in [-0.1, -0.05) is 0 Å². The van der Waals surface area contributed by atoms with Gasteiger partial charge in [-0.2, -0.15) is 18.3 Å². The Kier molecular flexibility index (Phi) is 2.49. The van der Waals surface area contributed by atoms with Crippen molar-refractivity contribution < 1.29 is 17.6 Å². The molecule has 0 aliphatic carbocycles. The monoisotopic (exact) mass is 230 g/mol. The summed E-state index contributed by atoms with van der Waals surface area (Å²) >= 11 is 0. The summed E-state index contributed by atoms with van der Waals surface area (Å²) < 4.78 is 43.2. The summed E-state index contributed by atoms with van der Waals surface area (Å²) in [5.41, 5.74) is -0.893. The largest absolute Gasteiger partial charge is 0.464 e. The maximum atomic E-state index is 12.2. The summed E-state index contributed by atoms with van der Waals surface area (Å²) in [5, 5.41) is 3.42. The Morgan fingerprint density at radius 2 is 2.06 bits per heavy atom. The van der Waals surface area contributed by atoms with Crippen molar-refractivity contribution in [1.82, 2.24) is 9.78 Å². The quantitative estimate of drug-likeness (QED) is 0.794.